The molecule has 5 rings (SSSR count). The van der Waals surface area contributed by atoms with Gasteiger partial charge in [0.1, 0.15) is 23.5 Å². The van der Waals surface area contributed by atoms with Crippen LogP contribution in [0, 0.1) is 6.92 Å². The zero-order chi connectivity index (χ0) is 25.8. The molecule has 9 nitrogen and oxygen atoms in total. The molecule has 1 amide bonds. The van der Waals surface area contributed by atoms with Crippen LogP contribution in [-0.2, 0) is 6.61 Å². The summed E-state index contributed by atoms with van der Waals surface area (Å²) in [5, 5.41) is 10.5. The lowest BCUT2D eigenvalue weighted by Gasteiger charge is -2.22. The molecular weight excluding hydrogens is 490 g/mol. The van der Waals surface area contributed by atoms with E-state index in [2.05, 4.69) is 25.4 Å². The summed E-state index contributed by atoms with van der Waals surface area (Å²) in [7, 11) is 2.00. The Labute approximate surface area is 220 Å². The molecule has 0 radical (unpaired) electrons. The molecule has 1 aliphatic carbocycles. The summed E-state index contributed by atoms with van der Waals surface area (Å²) in [6, 6.07) is 11.0. The van der Waals surface area contributed by atoms with Gasteiger partial charge in [0, 0.05) is 36.3 Å². The van der Waals surface area contributed by atoms with Crippen molar-refractivity contribution in [3.63, 3.8) is 0 Å². The predicted molar refractivity (Wildman–Crippen MR) is 141 cm³/mol. The summed E-state index contributed by atoms with van der Waals surface area (Å²) in [5.74, 6) is 1.17. The zero-order valence-corrected chi connectivity index (χ0v) is 22.1. The number of pyridine rings is 1. The SMILES string of the molecule is Cc1cc(COc2ccc(C(=O)N[C@@H]3CN(C)C[C@@H]3c3n[nH]c(=O)s3)cc2)cc(OC2CCCCC2)n1. The number of carbonyl (C=O) groups excluding carboxylic acids is 1. The first-order valence-corrected chi connectivity index (χ1v) is 13.7. The van der Waals surface area contributed by atoms with Gasteiger partial charge in [-0.05, 0) is 75.5 Å². The number of hydrogen-bond donors (Lipinski definition) is 2. The van der Waals surface area contributed by atoms with Crippen molar-refractivity contribution >= 4 is 17.2 Å². The van der Waals surface area contributed by atoms with E-state index in [0.29, 0.717) is 30.3 Å². The Morgan fingerprint density at radius 2 is 1.95 bits per heavy atom. The van der Waals surface area contributed by atoms with Crippen LogP contribution in [0.1, 0.15) is 64.6 Å². The second-order valence-electron chi connectivity index (χ2n) is 10.0. The van der Waals surface area contributed by atoms with E-state index in [9.17, 15) is 9.59 Å². The van der Waals surface area contributed by atoms with Crippen LogP contribution in [0.3, 0.4) is 0 Å². The van der Waals surface area contributed by atoms with E-state index in [-0.39, 0.29) is 28.8 Å². The minimum Gasteiger partial charge on any atom is -0.489 e. The van der Waals surface area contributed by atoms with Crippen LogP contribution >= 0.6 is 11.3 Å². The van der Waals surface area contributed by atoms with Crippen molar-refractivity contribution in [2.24, 2.45) is 0 Å². The Balaban J connectivity index is 1.17. The molecular formula is C27H33N5O4S. The van der Waals surface area contributed by atoms with E-state index in [1.165, 1.54) is 19.3 Å². The Morgan fingerprint density at radius 1 is 1.16 bits per heavy atom. The molecule has 37 heavy (non-hydrogen) atoms. The molecule has 2 aliphatic rings. The second-order valence-corrected chi connectivity index (χ2v) is 11.0. The minimum absolute atomic E-state index is 0.0173. The summed E-state index contributed by atoms with van der Waals surface area (Å²) in [6.45, 7) is 3.78. The Hall–Kier alpha value is -3.24. The standard InChI is InChI=1S/C27H33N5O4S/c1-17-12-18(13-24(28-17)36-21-6-4-3-5-7-21)16-35-20-10-8-19(9-11-20)25(33)29-23-15-32(2)14-22(23)26-30-31-27(34)37-26/h8-13,21-23H,3-7,14-16H2,1-2H3,(H,29,33)(H,31,34)/t22-,23+/m0/s1. The molecule has 1 saturated carbocycles. The fraction of sp³-hybridized carbons (Fsp3) is 0.481. The van der Waals surface area contributed by atoms with Crippen LogP contribution in [0.15, 0.2) is 41.2 Å². The number of hydrogen-bond acceptors (Lipinski definition) is 8. The van der Waals surface area contributed by atoms with Crippen molar-refractivity contribution in [2.45, 2.75) is 63.7 Å². The number of H-pyrrole nitrogens is 1. The number of benzene rings is 1. The van der Waals surface area contributed by atoms with Gasteiger partial charge in [-0.2, -0.15) is 5.10 Å². The third-order valence-corrected chi connectivity index (χ3v) is 7.82. The van der Waals surface area contributed by atoms with Gasteiger partial charge in [0.25, 0.3) is 5.91 Å². The van der Waals surface area contributed by atoms with Gasteiger partial charge < -0.3 is 19.7 Å². The number of nitrogens with zero attached hydrogens (tertiary/aromatic N) is 3. The van der Waals surface area contributed by atoms with E-state index in [0.717, 1.165) is 47.0 Å². The van der Waals surface area contributed by atoms with E-state index in [1.54, 1.807) is 24.3 Å². The molecule has 1 aliphatic heterocycles. The molecule has 1 saturated heterocycles. The van der Waals surface area contributed by atoms with Crippen LogP contribution in [0.2, 0.25) is 0 Å². The molecule has 10 heteroatoms. The van der Waals surface area contributed by atoms with Crippen molar-refractivity contribution < 1.29 is 14.3 Å². The molecule has 3 aromatic rings. The van der Waals surface area contributed by atoms with Gasteiger partial charge in [0.15, 0.2) is 0 Å². The molecule has 0 unspecified atom stereocenters. The van der Waals surface area contributed by atoms with Crippen molar-refractivity contribution in [3.8, 4) is 11.6 Å². The average molecular weight is 524 g/mol. The number of aromatic amines is 1. The van der Waals surface area contributed by atoms with Crippen LogP contribution < -0.4 is 19.7 Å². The maximum Gasteiger partial charge on any atom is 0.322 e. The van der Waals surface area contributed by atoms with Crippen molar-refractivity contribution in [2.75, 3.05) is 20.1 Å². The monoisotopic (exact) mass is 523 g/mol. The summed E-state index contributed by atoms with van der Waals surface area (Å²) in [4.78, 5) is 31.0. The molecule has 2 fully saturated rings. The van der Waals surface area contributed by atoms with Gasteiger partial charge in [0.05, 0.1) is 6.04 Å². The molecule has 1 aromatic carbocycles. The number of aromatic nitrogens is 3. The highest BCUT2D eigenvalue weighted by Gasteiger charge is 2.35. The maximum atomic E-state index is 12.9. The Kier molecular flexibility index (Phi) is 7.85. The first kappa shape index (κ1) is 25.4. The Bertz CT molecular complexity index is 1270. The minimum atomic E-state index is -0.180. The van der Waals surface area contributed by atoms with E-state index in [4.69, 9.17) is 9.47 Å². The van der Waals surface area contributed by atoms with Crippen LogP contribution in [0.25, 0.3) is 0 Å². The van der Waals surface area contributed by atoms with Gasteiger partial charge in [-0.15, -0.1) is 0 Å². The fourth-order valence-electron chi connectivity index (χ4n) is 5.12. The van der Waals surface area contributed by atoms with E-state index < -0.39 is 0 Å². The predicted octanol–water partition coefficient (Wildman–Crippen LogP) is 3.65. The highest BCUT2D eigenvalue weighted by molar-refractivity contribution is 7.08. The average Bonchev–Trinajstić information content (AvgIpc) is 3.48. The summed E-state index contributed by atoms with van der Waals surface area (Å²) < 4.78 is 12.1. The van der Waals surface area contributed by atoms with Gasteiger partial charge in [-0.3, -0.25) is 9.59 Å². The van der Waals surface area contributed by atoms with Crippen LogP contribution in [0.4, 0.5) is 0 Å². The van der Waals surface area contributed by atoms with Gasteiger partial charge in [-0.25, -0.2) is 10.1 Å². The third-order valence-electron chi connectivity index (χ3n) is 6.94. The highest BCUT2D eigenvalue weighted by atomic mass is 32.1. The van der Waals surface area contributed by atoms with Crippen molar-refractivity contribution in [1.82, 2.24) is 25.4 Å². The largest absolute Gasteiger partial charge is 0.489 e. The molecule has 0 bridgehead atoms. The number of ether oxygens (including phenoxy) is 2. The zero-order valence-electron chi connectivity index (χ0n) is 21.2. The van der Waals surface area contributed by atoms with Gasteiger partial charge in [-0.1, -0.05) is 17.8 Å². The number of nitrogens with one attached hydrogen (secondary N) is 2. The van der Waals surface area contributed by atoms with Crippen LogP contribution in [-0.4, -0.2) is 58.3 Å². The molecule has 2 N–H and O–H groups in total. The third kappa shape index (κ3) is 6.56. The number of amides is 1. The lowest BCUT2D eigenvalue weighted by Crippen LogP contribution is -2.39. The lowest BCUT2D eigenvalue weighted by molar-refractivity contribution is 0.0935. The highest BCUT2D eigenvalue weighted by Crippen LogP contribution is 2.27. The van der Waals surface area contributed by atoms with Crippen LogP contribution in [0.5, 0.6) is 11.6 Å². The molecule has 0 spiro atoms. The van der Waals surface area contributed by atoms with Crippen molar-refractivity contribution in [3.05, 3.63) is 67.9 Å². The van der Waals surface area contributed by atoms with Crippen molar-refractivity contribution in [1.29, 1.82) is 0 Å². The van der Waals surface area contributed by atoms with E-state index in [1.807, 2.05) is 26.1 Å². The number of rotatable bonds is 8. The summed E-state index contributed by atoms with van der Waals surface area (Å²) in [6.07, 6.45) is 6.14. The van der Waals surface area contributed by atoms with E-state index >= 15 is 0 Å². The summed E-state index contributed by atoms with van der Waals surface area (Å²) >= 11 is 1.10. The number of likely N-dealkylation sites (N-methyl/N-ethyl adjacent to an activating group) is 1. The number of carbonyl (C=O) groups is 1. The normalized spacial score (nSPS) is 20.6. The molecule has 2 aromatic heterocycles. The molecule has 3 heterocycles. The summed E-state index contributed by atoms with van der Waals surface area (Å²) in [5.41, 5.74) is 2.45. The Morgan fingerprint density at radius 3 is 2.68 bits per heavy atom. The quantitative estimate of drug-likeness (QED) is 0.464. The second kappa shape index (κ2) is 11.4. The molecule has 196 valence electrons. The first-order chi connectivity index (χ1) is 17.9. The lowest BCUT2D eigenvalue weighted by atomic mass is 9.98. The smallest absolute Gasteiger partial charge is 0.322 e. The topological polar surface area (TPSA) is 109 Å². The fourth-order valence-corrected chi connectivity index (χ4v) is 5.88. The number of likely N-dealkylation sites (tertiary alicyclic amines) is 1. The first-order valence-electron chi connectivity index (χ1n) is 12.8. The maximum absolute atomic E-state index is 12.9. The van der Waals surface area contributed by atoms with Gasteiger partial charge >= 0.3 is 4.87 Å². The molecule has 2 atom stereocenters. The number of aryl methyl sites for hydroxylation is 1. The van der Waals surface area contributed by atoms with Gasteiger partial charge in [0.2, 0.25) is 5.88 Å².